The number of carbonyl (C=O) groups is 2. The molecule has 4 heterocycles. The number of esters is 1. The summed E-state index contributed by atoms with van der Waals surface area (Å²) in [7, 11) is 2.11. The number of amides is 1. The zero-order valence-corrected chi connectivity index (χ0v) is 36.5. The zero-order chi connectivity index (χ0) is 42.5. The number of aromatic nitrogens is 1. The van der Waals surface area contributed by atoms with Crippen molar-refractivity contribution in [2.75, 3.05) is 57.9 Å². The first-order valence-corrected chi connectivity index (χ1v) is 22.2. The Morgan fingerprint density at radius 1 is 0.803 bits per heavy atom. The van der Waals surface area contributed by atoms with E-state index < -0.39 is 5.60 Å². The van der Waals surface area contributed by atoms with E-state index >= 15 is 0 Å². The Bertz CT molecular complexity index is 2370. The molecule has 61 heavy (non-hydrogen) atoms. The van der Waals surface area contributed by atoms with E-state index in [1.807, 2.05) is 64.1 Å². The van der Waals surface area contributed by atoms with Crippen LogP contribution in [0.2, 0.25) is 0 Å². The molecule has 3 aliphatic heterocycles. The molecule has 8 rings (SSSR count). The average molecular weight is 828 g/mol. The third kappa shape index (κ3) is 9.32. The normalized spacial score (nSPS) is 17.3. The quantitative estimate of drug-likeness (QED) is 0.103. The number of anilines is 1. The molecule has 1 atom stereocenters. The molecule has 0 aliphatic carbocycles. The topological polar surface area (TPSA) is 97.7 Å². The van der Waals surface area contributed by atoms with E-state index in [0.717, 1.165) is 108 Å². The molecule has 4 aromatic carbocycles. The Labute approximate surface area is 360 Å². The number of carbonyl (C=O) groups excluding carboxylic acids is 2. The molecule has 5 aromatic rings. The second-order valence-electron chi connectivity index (χ2n) is 17.4. The number of hydrogen-bond acceptors (Lipinski definition) is 9. The molecule has 1 fully saturated rings. The summed E-state index contributed by atoms with van der Waals surface area (Å²) in [6, 6.07) is 29.2. The van der Waals surface area contributed by atoms with Crippen molar-refractivity contribution in [1.29, 1.82) is 0 Å². The number of benzene rings is 4. The second kappa shape index (κ2) is 18.5. The molecular weight excluding hydrogens is 767 g/mol. The fourth-order valence-electron chi connectivity index (χ4n) is 9.21. The van der Waals surface area contributed by atoms with Crippen molar-refractivity contribution in [2.24, 2.45) is 0 Å². The minimum absolute atomic E-state index is 0.112. The van der Waals surface area contributed by atoms with Gasteiger partial charge in [0.2, 0.25) is 0 Å². The van der Waals surface area contributed by atoms with Gasteiger partial charge in [0, 0.05) is 73.1 Å². The Kier molecular flexibility index (Phi) is 12.8. The molecule has 1 unspecified atom stereocenters. The first-order valence-electron chi connectivity index (χ1n) is 22.2. The Morgan fingerprint density at radius 2 is 1.54 bits per heavy atom. The number of allylic oxidation sites excluding steroid dienone is 1. The van der Waals surface area contributed by atoms with Gasteiger partial charge in [-0.25, -0.2) is 15.0 Å². The number of piperazine rings is 1. The molecule has 0 bridgehead atoms. The third-order valence-corrected chi connectivity index (χ3v) is 12.0. The Morgan fingerprint density at radius 3 is 2.33 bits per heavy atom. The maximum absolute atomic E-state index is 14.0. The highest BCUT2D eigenvalue weighted by Crippen LogP contribution is 2.40. The van der Waals surface area contributed by atoms with Crippen LogP contribution in [-0.2, 0) is 22.4 Å². The highest BCUT2D eigenvalue weighted by atomic mass is 16.6. The van der Waals surface area contributed by atoms with E-state index in [9.17, 15) is 9.59 Å². The summed E-state index contributed by atoms with van der Waals surface area (Å²) in [5.41, 5.74) is 10.7. The number of ether oxygens (including phenoxy) is 4. The third-order valence-electron chi connectivity index (χ3n) is 12.0. The Hall–Kier alpha value is -5.68. The van der Waals surface area contributed by atoms with Gasteiger partial charge in [0.25, 0.3) is 0 Å². The van der Waals surface area contributed by atoms with Crippen LogP contribution in [0.15, 0.2) is 90.6 Å². The molecule has 1 amide bonds. The zero-order valence-electron chi connectivity index (χ0n) is 36.5. The molecule has 1 N–H and O–H groups in total. The fraction of sp³-hybridized carbons (Fsp3) is 0.440. The van der Waals surface area contributed by atoms with Gasteiger partial charge in [0.05, 0.1) is 24.8 Å². The van der Waals surface area contributed by atoms with E-state index in [4.69, 9.17) is 18.9 Å². The maximum Gasteiger partial charge on any atom is 0.410 e. The van der Waals surface area contributed by atoms with Gasteiger partial charge in [-0.2, -0.15) is 0 Å². The summed E-state index contributed by atoms with van der Waals surface area (Å²) in [6.07, 6.45) is 6.38. The molecule has 1 saturated heterocycles. The lowest BCUT2D eigenvalue weighted by molar-refractivity contribution is 0.0240. The maximum atomic E-state index is 14.0. The standard InChI is InChI=1S/C50H61N5O6/c1-6-58-48(56)47-40(21-15-33-59-44-23-13-17-35-16-10-11-18-38(35)44)39-19-14-20-41-45-42(51-52(5)43(45)22-9-7-8-12-28-55(47)46(39)41)34-60-37-26-24-36(25-27-37)53-29-31-54(32-30-53)49(57)61-50(2,3)4/h10-11,13-14,16-20,23-27,42,51H,6-9,12,15,21-22,28-34H2,1-5H3. The number of nitrogens with one attached hydrogen (secondary N) is 1. The monoisotopic (exact) mass is 827 g/mol. The van der Waals surface area contributed by atoms with Crippen LogP contribution in [0.1, 0.15) is 87.8 Å². The highest BCUT2D eigenvalue weighted by Gasteiger charge is 2.34. The Balaban J connectivity index is 1.04. The van der Waals surface area contributed by atoms with Crippen molar-refractivity contribution in [3.8, 4) is 11.5 Å². The number of nitrogens with zero attached hydrogens (tertiary/aromatic N) is 4. The van der Waals surface area contributed by atoms with E-state index in [1.54, 1.807) is 4.90 Å². The molecule has 322 valence electrons. The molecule has 3 aliphatic rings. The minimum atomic E-state index is -0.509. The van der Waals surface area contributed by atoms with Gasteiger partial charge in [0.1, 0.15) is 29.4 Å². The summed E-state index contributed by atoms with van der Waals surface area (Å²) in [5, 5.41) is 5.53. The first kappa shape index (κ1) is 42.0. The highest BCUT2D eigenvalue weighted by molar-refractivity contribution is 6.03. The summed E-state index contributed by atoms with van der Waals surface area (Å²) in [6.45, 7) is 12.3. The SMILES string of the molecule is CCOC(=O)c1c(CCCOc2cccc3ccccc23)c2cccc3c2n1CCCCCCC1=C3C(COc2ccc(N3CCN(C(=O)OC(C)(C)C)CC3)cc2)NN1C. The smallest absolute Gasteiger partial charge is 0.410 e. The summed E-state index contributed by atoms with van der Waals surface area (Å²) < 4.78 is 26.6. The summed E-state index contributed by atoms with van der Waals surface area (Å²) >= 11 is 0. The molecule has 0 saturated carbocycles. The molecule has 0 spiro atoms. The number of para-hydroxylation sites is 1. The molecule has 0 radical (unpaired) electrons. The van der Waals surface area contributed by atoms with Crippen LogP contribution < -0.4 is 19.8 Å². The van der Waals surface area contributed by atoms with E-state index in [0.29, 0.717) is 45.0 Å². The van der Waals surface area contributed by atoms with Gasteiger partial charge in [-0.15, -0.1) is 0 Å². The predicted octanol–water partition coefficient (Wildman–Crippen LogP) is 9.61. The number of hydrogen-bond donors (Lipinski definition) is 1. The lowest BCUT2D eigenvalue weighted by Gasteiger charge is -2.36. The minimum Gasteiger partial charge on any atom is -0.493 e. The van der Waals surface area contributed by atoms with Crippen molar-refractivity contribution in [3.63, 3.8) is 0 Å². The fourth-order valence-corrected chi connectivity index (χ4v) is 9.21. The predicted molar refractivity (Wildman–Crippen MR) is 242 cm³/mol. The largest absolute Gasteiger partial charge is 0.493 e. The van der Waals surface area contributed by atoms with E-state index in [2.05, 4.69) is 75.5 Å². The van der Waals surface area contributed by atoms with Crippen molar-refractivity contribution in [3.05, 3.63) is 107 Å². The average Bonchev–Trinajstić information content (AvgIpc) is 3.74. The summed E-state index contributed by atoms with van der Waals surface area (Å²) in [5.74, 6) is 1.40. The molecular formula is C50H61N5O6. The van der Waals surface area contributed by atoms with Crippen molar-refractivity contribution >= 4 is 45.0 Å². The van der Waals surface area contributed by atoms with Gasteiger partial charge in [-0.05, 0) is 101 Å². The van der Waals surface area contributed by atoms with Crippen molar-refractivity contribution in [1.82, 2.24) is 19.9 Å². The van der Waals surface area contributed by atoms with E-state index in [1.165, 1.54) is 11.3 Å². The van der Waals surface area contributed by atoms with Crippen LogP contribution in [0.3, 0.4) is 0 Å². The van der Waals surface area contributed by atoms with E-state index in [-0.39, 0.29) is 18.1 Å². The van der Waals surface area contributed by atoms with Crippen molar-refractivity contribution < 1.29 is 28.5 Å². The molecule has 11 heteroatoms. The second-order valence-corrected chi connectivity index (χ2v) is 17.4. The lowest BCUT2D eigenvalue weighted by Crippen LogP contribution is -2.50. The van der Waals surface area contributed by atoms with Gasteiger partial charge in [0.15, 0.2) is 0 Å². The molecule has 11 nitrogen and oxygen atoms in total. The van der Waals surface area contributed by atoms with Crippen LogP contribution >= 0.6 is 0 Å². The molecule has 1 aromatic heterocycles. The van der Waals surface area contributed by atoms with Gasteiger partial charge >= 0.3 is 12.1 Å². The van der Waals surface area contributed by atoms with Crippen LogP contribution in [0.4, 0.5) is 10.5 Å². The number of rotatable bonds is 11. The van der Waals surface area contributed by atoms with Crippen LogP contribution in [0.5, 0.6) is 11.5 Å². The lowest BCUT2D eigenvalue weighted by atomic mass is 9.93. The number of fused-ring (bicyclic) bond motifs is 2. The van der Waals surface area contributed by atoms with Crippen LogP contribution in [0.25, 0.3) is 27.2 Å². The number of aryl methyl sites for hydroxylation is 2. The van der Waals surface area contributed by atoms with Gasteiger partial charge in [-0.3, -0.25) is 0 Å². The van der Waals surface area contributed by atoms with Crippen molar-refractivity contribution in [2.45, 2.75) is 90.8 Å². The summed E-state index contributed by atoms with van der Waals surface area (Å²) in [4.78, 5) is 30.7. The van der Waals surface area contributed by atoms with Gasteiger partial charge < -0.3 is 38.3 Å². The van der Waals surface area contributed by atoms with Crippen LogP contribution in [0, 0.1) is 0 Å². The number of hydrazine groups is 1. The van der Waals surface area contributed by atoms with Crippen LogP contribution in [-0.4, -0.2) is 91.2 Å². The van der Waals surface area contributed by atoms with Gasteiger partial charge in [-0.1, -0.05) is 67.4 Å². The first-order chi connectivity index (χ1) is 29.6.